The predicted octanol–water partition coefficient (Wildman–Crippen LogP) is 8.30. The van der Waals surface area contributed by atoms with Crippen LogP contribution in [0.1, 0.15) is 110 Å². The molecule has 2 heteroatoms. The molecule has 2 aliphatic rings. The van der Waals surface area contributed by atoms with Crippen molar-refractivity contribution >= 4 is 18.5 Å². The first-order chi connectivity index (χ1) is 11.9. The highest BCUT2D eigenvalue weighted by atomic mass is 32.2. The van der Waals surface area contributed by atoms with Crippen LogP contribution < -0.4 is 0 Å². The standard InChI is InChI=1S/C22H41BS/c1-3-5-9-18-22(24-19-6-4-2)23(20-14-10-7-11-15-20)21-16-12-8-13-17-21/h18,20-21H,3-17,19H2,1-2H3/b22-18-. The molecular formula is C22H41BS. The van der Waals surface area contributed by atoms with Gasteiger partial charge in [-0.3, -0.25) is 0 Å². The Bertz CT molecular complexity index is 322. The Hall–Kier alpha value is 0.155. The molecule has 0 aliphatic heterocycles. The van der Waals surface area contributed by atoms with Gasteiger partial charge in [-0.2, -0.15) is 0 Å². The van der Waals surface area contributed by atoms with Crippen molar-refractivity contribution in [3.63, 3.8) is 0 Å². The van der Waals surface area contributed by atoms with Gasteiger partial charge >= 0.3 is 0 Å². The van der Waals surface area contributed by atoms with Crippen LogP contribution >= 0.6 is 11.8 Å². The van der Waals surface area contributed by atoms with Crippen molar-refractivity contribution in [1.29, 1.82) is 0 Å². The lowest BCUT2D eigenvalue weighted by molar-refractivity contribution is 0.464. The van der Waals surface area contributed by atoms with Crippen molar-refractivity contribution < 1.29 is 0 Å². The topological polar surface area (TPSA) is 0 Å². The molecule has 24 heavy (non-hydrogen) atoms. The fourth-order valence-corrected chi connectivity index (χ4v) is 6.39. The maximum atomic E-state index is 2.69. The Morgan fingerprint density at radius 1 is 0.833 bits per heavy atom. The number of thioether (sulfide) groups is 1. The summed E-state index contributed by atoms with van der Waals surface area (Å²) >= 11 is 2.25. The summed E-state index contributed by atoms with van der Waals surface area (Å²) in [7, 11) is 0. The molecule has 0 radical (unpaired) electrons. The first kappa shape index (κ1) is 20.5. The van der Waals surface area contributed by atoms with Gasteiger partial charge in [-0.05, 0) is 18.6 Å². The number of rotatable bonds is 10. The predicted molar refractivity (Wildman–Crippen MR) is 114 cm³/mol. The summed E-state index contributed by atoms with van der Waals surface area (Å²) in [4.78, 5) is 1.83. The molecule has 0 aromatic heterocycles. The van der Waals surface area contributed by atoms with Crippen molar-refractivity contribution in [2.75, 3.05) is 5.75 Å². The van der Waals surface area contributed by atoms with E-state index in [0.29, 0.717) is 0 Å². The van der Waals surface area contributed by atoms with Crippen molar-refractivity contribution in [1.82, 2.24) is 0 Å². The maximum absolute atomic E-state index is 2.69. The Kier molecular flexibility index (Phi) is 10.7. The van der Waals surface area contributed by atoms with Crippen LogP contribution in [0.3, 0.4) is 0 Å². The minimum absolute atomic E-state index is 0.921. The molecule has 0 spiro atoms. The molecule has 0 N–H and O–H groups in total. The largest absolute Gasteiger partial charge is 0.190 e. The van der Waals surface area contributed by atoms with E-state index < -0.39 is 0 Å². The van der Waals surface area contributed by atoms with Crippen molar-refractivity contribution in [3.8, 4) is 0 Å². The van der Waals surface area contributed by atoms with Gasteiger partial charge < -0.3 is 0 Å². The molecule has 0 saturated heterocycles. The number of unbranched alkanes of at least 4 members (excludes halogenated alkanes) is 3. The van der Waals surface area contributed by atoms with Crippen LogP contribution in [0.25, 0.3) is 0 Å². The zero-order chi connectivity index (χ0) is 17.0. The van der Waals surface area contributed by atoms with Gasteiger partial charge in [0.25, 0.3) is 0 Å². The fraction of sp³-hybridized carbons (Fsp3) is 0.909. The second kappa shape index (κ2) is 12.5. The van der Waals surface area contributed by atoms with E-state index in [4.69, 9.17) is 0 Å². The molecule has 2 saturated carbocycles. The van der Waals surface area contributed by atoms with Crippen molar-refractivity contribution in [2.24, 2.45) is 0 Å². The van der Waals surface area contributed by atoms with Gasteiger partial charge in [-0.15, -0.1) is 11.8 Å². The monoisotopic (exact) mass is 348 g/mol. The van der Waals surface area contributed by atoms with E-state index in [0.717, 1.165) is 18.3 Å². The first-order valence-corrected chi connectivity index (χ1v) is 12.2. The summed E-state index contributed by atoms with van der Waals surface area (Å²) in [5, 5.41) is 0. The second-order valence-corrected chi connectivity index (χ2v) is 9.44. The quantitative estimate of drug-likeness (QED) is 0.282. The summed E-state index contributed by atoms with van der Waals surface area (Å²) in [6.07, 6.45) is 24.5. The molecule has 0 unspecified atom stereocenters. The third-order valence-electron chi connectivity index (χ3n) is 6.31. The SMILES string of the molecule is CCCC/C=C(\SCCCC)B(C1CCCCC1)C1CCCCC1. The minimum Gasteiger partial charge on any atom is -0.141 e. The summed E-state index contributed by atoms with van der Waals surface area (Å²) in [5.74, 6) is 3.36. The van der Waals surface area contributed by atoms with E-state index in [1.54, 1.807) is 0 Å². The molecule has 0 heterocycles. The van der Waals surface area contributed by atoms with Gasteiger partial charge in [0.05, 0.1) is 0 Å². The molecule has 2 fully saturated rings. The molecule has 0 aromatic carbocycles. The van der Waals surface area contributed by atoms with Crippen molar-refractivity contribution in [3.05, 3.63) is 10.9 Å². The molecule has 2 aliphatic carbocycles. The Morgan fingerprint density at radius 3 is 1.88 bits per heavy atom. The Morgan fingerprint density at radius 2 is 1.38 bits per heavy atom. The van der Waals surface area contributed by atoms with Gasteiger partial charge in [-0.25, -0.2) is 0 Å². The van der Waals surface area contributed by atoms with E-state index in [1.165, 1.54) is 102 Å². The average molecular weight is 348 g/mol. The average Bonchev–Trinajstić information content (AvgIpc) is 2.64. The van der Waals surface area contributed by atoms with Gasteiger partial charge in [0.1, 0.15) is 0 Å². The zero-order valence-electron chi connectivity index (χ0n) is 16.5. The maximum Gasteiger partial charge on any atom is 0.190 e. The number of hydrogen-bond acceptors (Lipinski definition) is 1. The van der Waals surface area contributed by atoms with Crippen LogP contribution in [0.2, 0.25) is 11.6 Å². The highest BCUT2D eigenvalue weighted by Gasteiger charge is 2.37. The summed E-state index contributed by atoms with van der Waals surface area (Å²) in [5.41, 5.74) is 0. The summed E-state index contributed by atoms with van der Waals surface area (Å²) < 4.78 is 0. The third kappa shape index (κ3) is 6.81. The van der Waals surface area contributed by atoms with Crippen LogP contribution in [0.4, 0.5) is 0 Å². The lowest BCUT2D eigenvalue weighted by Gasteiger charge is -2.37. The Labute approximate surface area is 157 Å². The first-order valence-electron chi connectivity index (χ1n) is 11.2. The molecule has 0 nitrogen and oxygen atoms in total. The van der Waals surface area contributed by atoms with E-state index in [2.05, 4.69) is 31.7 Å². The van der Waals surface area contributed by atoms with Crippen LogP contribution in [-0.4, -0.2) is 12.5 Å². The molecule has 138 valence electrons. The van der Waals surface area contributed by atoms with Crippen LogP contribution in [0.15, 0.2) is 10.9 Å². The van der Waals surface area contributed by atoms with E-state index in [-0.39, 0.29) is 0 Å². The normalized spacial score (nSPS) is 21.2. The van der Waals surface area contributed by atoms with Gasteiger partial charge in [-0.1, -0.05) is 120 Å². The highest BCUT2D eigenvalue weighted by molar-refractivity contribution is 8.05. The van der Waals surface area contributed by atoms with E-state index in [1.807, 2.05) is 4.80 Å². The molecule has 0 atom stereocenters. The summed E-state index contributed by atoms with van der Waals surface area (Å²) in [6.45, 7) is 5.59. The summed E-state index contributed by atoms with van der Waals surface area (Å²) in [6, 6.07) is 0. The molecule has 0 amide bonds. The van der Waals surface area contributed by atoms with E-state index >= 15 is 0 Å². The highest BCUT2D eigenvalue weighted by Crippen LogP contribution is 2.46. The lowest BCUT2D eigenvalue weighted by Crippen LogP contribution is -2.32. The van der Waals surface area contributed by atoms with Crippen LogP contribution in [-0.2, 0) is 0 Å². The van der Waals surface area contributed by atoms with Crippen LogP contribution in [0, 0.1) is 0 Å². The minimum atomic E-state index is 0.921. The van der Waals surface area contributed by atoms with Crippen LogP contribution in [0.5, 0.6) is 0 Å². The lowest BCUT2D eigenvalue weighted by atomic mass is 9.30. The molecule has 0 aromatic rings. The molecule has 2 rings (SSSR count). The van der Waals surface area contributed by atoms with Gasteiger partial charge in [0.2, 0.25) is 0 Å². The van der Waals surface area contributed by atoms with Crippen molar-refractivity contribution in [2.45, 2.75) is 122 Å². The fourth-order valence-electron chi connectivity index (χ4n) is 4.91. The zero-order valence-corrected chi connectivity index (χ0v) is 17.3. The smallest absolute Gasteiger partial charge is 0.141 e. The molecule has 0 bridgehead atoms. The van der Waals surface area contributed by atoms with E-state index in [9.17, 15) is 0 Å². The van der Waals surface area contributed by atoms with Gasteiger partial charge in [0.15, 0.2) is 6.71 Å². The number of allylic oxidation sites excluding steroid dienone is 1. The third-order valence-corrected chi connectivity index (χ3v) is 7.58. The number of hydrogen-bond donors (Lipinski definition) is 0. The Balaban J connectivity index is 2.11. The molecular weight excluding hydrogens is 307 g/mol. The second-order valence-electron chi connectivity index (χ2n) is 8.27. The van der Waals surface area contributed by atoms with Gasteiger partial charge in [0, 0.05) is 0 Å².